The average Bonchev–Trinajstić information content (AvgIpc) is 2.47. The van der Waals surface area contributed by atoms with E-state index in [9.17, 15) is 15.0 Å². The Morgan fingerprint density at radius 2 is 1.86 bits per heavy atom. The van der Waals surface area contributed by atoms with Gasteiger partial charge in [-0.2, -0.15) is 0 Å². The van der Waals surface area contributed by atoms with Gasteiger partial charge in [0.1, 0.15) is 0 Å². The van der Waals surface area contributed by atoms with Crippen molar-refractivity contribution in [2.45, 2.75) is 13.0 Å². The second-order valence-electron chi connectivity index (χ2n) is 4.57. The number of aliphatic hydroxyl groups is 1. The van der Waals surface area contributed by atoms with E-state index in [1.807, 2.05) is 0 Å². The highest BCUT2D eigenvalue weighted by atomic mass is 16.5. The topological polar surface area (TPSA) is 78.8 Å². The van der Waals surface area contributed by atoms with Crippen molar-refractivity contribution in [1.29, 1.82) is 0 Å². The van der Waals surface area contributed by atoms with E-state index in [0.717, 1.165) is 0 Å². The molecule has 0 saturated carbocycles. The molecular formula is C16H17NO4. The van der Waals surface area contributed by atoms with Gasteiger partial charge < -0.3 is 20.3 Å². The number of rotatable bonds is 5. The first kappa shape index (κ1) is 14.9. The van der Waals surface area contributed by atoms with Gasteiger partial charge >= 0.3 is 0 Å². The molecule has 2 aromatic rings. The molecule has 0 fully saturated rings. The molecule has 0 aromatic heterocycles. The first-order valence-corrected chi connectivity index (χ1v) is 6.55. The maximum Gasteiger partial charge on any atom is 0.262 e. The minimum atomic E-state index is -0.680. The zero-order chi connectivity index (χ0) is 15.2. The van der Waals surface area contributed by atoms with Crippen LogP contribution in [0.4, 0.5) is 5.69 Å². The number of hydrogen-bond donors (Lipinski definition) is 3. The third kappa shape index (κ3) is 3.97. The van der Waals surface area contributed by atoms with Crippen LogP contribution < -0.4 is 10.1 Å². The molecule has 2 rings (SSSR count). The number of aliphatic hydroxyl groups excluding tert-OH is 1. The van der Waals surface area contributed by atoms with Gasteiger partial charge in [-0.3, -0.25) is 4.79 Å². The molecule has 0 aliphatic heterocycles. The SMILES string of the molecule is CC(O)c1ccccc1NC(=O)COc1ccccc1O. The molecule has 0 heterocycles. The minimum Gasteiger partial charge on any atom is -0.504 e. The fraction of sp³-hybridized carbons (Fsp3) is 0.188. The molecule has 5 heteroatoms. The first-order valence-electron chi connectivity index (χ1n) is 6.55. The third-order valence-corrected chi connectivity index (χ3v) is 2.91. The number of phenols is 1. The summed E-state index contributed by atoms with van der Waals surface area (Å²) in [6.07, 6.45) is -0.680. The summed E-state index contributed by atoms with van der Waals surface area (Å²) in [5.41, 5.74) is 1.17. The summed E-state index contributed by atoms with van der Waals surface area (Å²) in [6, 6.07) is 13.4. The van der Waals surface area contributed by atoms with Crippen molar-refractivity contribution in [2.24, 2.45) is 0 Å². The predicted molar refractivity (Wildman–Crippen MR) is 79.3 cm³/mol. The Bertz CT molecular complexity index is 625. The van der Waals surface area contributed by atoms with Crippen LogP contribution in [0.1, 0.15) is 18.6 Å². The second-order valence-corrected chi connectivity index (χ2v) is 4.57. The number of nitrogens with one attached hydrogen (secondary N) is 1. The zero-order valence-electron chi connectivity index (χ0n) is 11.6. The lowest BCUT2D eigenvalue weighted by Crippen LogP contribution is -2.21. The number of hydrogen-bond acceptors (Lipinski definition) is 4. The van der Waals surface area contributed by atoms with Gasteiger partial charge in [-0.1, -0.05) is 30.3 Å². The number of carbonyl (C=O) groups is 1. The summed E-state index contributed by atoms with van der Waals surface area (Å²) >= 11 is 0. The van der Waals surface area contributed by atoms with Gasteiger partial charge in [0.25, 0.3) is 5.91 Å². The Morgan fingerprint density at radius 3 is 2.57 bits per heavy atom. The fourth-order valence-corrected chi connectivity index (χ4v) is 1.88. The summed E-state index contributed by atoms with van der Waals surface area (Å²) < 4.78 is 5.25. The maximum absolute atomic E-state index is 11.9. The lowest BCUT2D eigenvalue weighted by Gasteiger charge is -2.13. The fourth-order valence-electron chi connectivity index (χ4n) is 1.88. The number of benzene rings is 2. The first-order chi connectivity index (χ1) is 10.1. The highest BCUT2D eigenvalue weighted by molar-refractivity contribution is 5.92. The smallest absolute Gasteiger partial charge is 0.262 e. The Morgan fingerprint density at radius 1 is 1.19 bits per heavy atom. The van der Waals surface area contributed by atoms with E-state index >= 15 is 0 Å². The summed E-state index contributed by atoms with van der Waals surface area (Å²) in [5.74, 6) is -0.141. The van der Waals surface area contributed by atoms with Crippen LogP contribution in [-0.2, 0) is 4.79 Å². The Hall–Kier alpha value is -2.53. The van der Waals surface area contributed by atoms with Gasteiger partial charge in [0, 0.05) is 11.3 Å². The number of amides is 1. The van der Waals surface area contributed by atoms with Crippen molar-refractivity contribution in [3.05, 3.63) is 54.1 Å². The van der Waals surface area contributed by atoms with E-state index in [-0.39, 0.29) is 24.0 Å². The van der Waals surface area contributed by atoms with Crippen LogP contribution in [0.3, 0.4) is 0 Å². The molecule has 0 aliphatic rings. The quantitative estimate of drug-likeness (QED) is 0.789. The average molecular weight is 287 g/mol. The molecule has 3 N–H and O–H groups in total. The highest BCUT2D eigenvalue weighted by Gasteiger charge is 2.11. The van der Waals surface area contributed by atoms with E-state index in [4.69, 9.17) is 4.74 Å². The Kier molecular flexibility index (Phi) is 4.79. The van der Waals surface area contributed by atoms with Gasteiger partial charge in [0.15, 0.2) is 18.1 Å². The highest BCUT2D eigenvalue weighted by Crippen LogP contribution is 2.25. The molecule has 1 atom stereocenters. The predicted octanol–water partition coefficient (Wildman–Crippen LogP) is 2.46. The maximum atomic E-state index is 11.9. The summed E-state index contributed by atoms with van der Waals surface area (Å²) in [4.78, 5) is 11.9. The lowest BCUT2D eigenvalue weighted by atomic mass is 10.1. The van der Waals surface area contributed by atoms with E-state index in [1.165, 1.54) is 6.07 Å². The molecule has 0 spiro atoms. The van der Waals surface area contributed by atoms with Crippen LogP contribution >= 0.6 is 0 Å². The number of carbonyl (C=O) groups excluding carboxylic acids is 1. The lowest BCUT2D eigenvalue weighted by molar-refractivity contribution is -0.118. The van der Waals surface area contributed by atoms with E-state index in [2.05, 4.69) is 5.32 Å². The van der Waals surface area contributed by atoms with E-state index in [0.29, 0.717) is 11.3 Å². The van der Waals surface area contributed by atoms with Crippen LogP contribution in [0.5, 0.6) is 11.5 Å². The van der Waals surface area contributed by atoms with Gasteiger partial charge in [0.2, 0.25) is 0 Å². The van der Waals surface area contributed by atoms with E-state index < -0.39 is 6.10 Å². The van der Waals surface area contributed by atoms with Gasteiger partial charge in [-0.15, -0.1) is 0 Å². The molecule has 2 aromatic carbocycles. The molecule has 0 bridgehead atoms. The summed E-state index contributed by atoms with van der Waals surface area (Å²) in [6.45, 7) is 1.40. The van der Waals surface area contributed by atoms with Gasteiger partial charge in [0.05, 0.1) is 6.10 Å². The number of para-hydroxylation sites is 3. The van der Waals surface area contributed by atoms with Crippen molar-refractivity contribution in [2.75, 3.05) is 11.9 Å². The monoisotopic (exact) mass is 287 g/mol. The second kappa shape index (κ2) is 6.76. The third-order valence-electron chi connectivity index (χ3n) is 2.91. The molecule has 110 valence electrons. The minimum absolute atomic E-state index is 0.0188. The Labute approximate surface area is 122 Å². The largest absolute Gasteiger partial charge is 0.504 e. The number of ether oxygens (including phenoxy) is 1. The summed E-state index contributed by atoms with van der Waals surface area (Å²) in [7, 11) is 0. The van der Waals surface area contributed by atoms with Crippen LogP contribution in [0.25, 0.3) is 0 Å². The standard InChI is InChI=1S/C16H17NO4/c1-11(18)12-6-2-3-7-13(12)17-16(20)10-21-15-9-5-4-8-14(15)19/h2-9,11,18-19H,10H2,1H3,(H,17,20). The van der Waals surface area contributed by atoms with Gasteiger partial charge in [-0.25, -0.2) is 0 Å². The summed E-state index contributed by atoms with van der Waals surface area (Å²) in [5, 5.41) is 21.9. The van der Waals surface area contributed by atoms with Crippen LogP contribution in [0.15, 0.2) is 48.5 Å². The van der Waals surface area contributed by atoms with Gasteiger partial charge in [-0.05, 0) is 25.1 Å². The van der Waals surface area contributed by atoms with Crippen molar-refractivity contribution in [3.63, 3.8) is 0 Å². The molecule has 0 aliphatic carbocycles. The molecule has 0 saturated heterocycles. The zero-order valence-corrected chi connectivity index (χ0v) is 11.6. The van der Waals surface area contributed by atoms with Crippen molar-refractivity contribution >= 4 is 11.6 Å². The van der Waals surface area contributed by atoms with Crippen molar-refractivity contribution < 1.29 is 19.7 Å². The van der Waals surface area contributed by atoms with Crippen molar-refractivity contribution in [3.8, 4) is 11.5 Å². The van der Waals surface area contributed by atoms with Crippen molar-refractivity contribution in [1.82, 2.24) is 0 Å². The number of anilines is 1. The van der Waals surface area contributed by atoms with Crippen LogP contribution in [0.2, 0.25) is 0 Å². The number of phenolic OH excluding ortho intramolecular Hbond substituents is 1. The molecule has 1 unspecified atom stereocenters. The molecule has 0 radical (unpaired) electrons. The molecule has 5 nitrogen and oxygen atoms in total. The molecule has 1 amide bonds. The molecule has 21 heavy (non-hydrogen) atoms. The van der Waals surface area contributed by atoms with Crippen LogP contribution in [-0.4, -0.2) is 22.7 Å². The number of aromatic hydroxyl groups is 1. The van der Waals surface area contributed by atoms with Crippen LogP contribution in [0, 0.1) is 0 Å². The van der Waals surface area contributed by atoms with E-state index in [1.54, 1.807) is 49.4 Å². The Balaban J connectivity index is 1.98. The normalized spacial score (nSPS) is 11.7. The molecular weight excluding hydrogens is 270 g/mol.